The highest BCUT2D eigenvalue weighted by Gasteiger charge is 2.18. The zero-order chi connectivity index (χ0) is 28.3. The van der Waals surface area contributed by atoms with Gasteiger partial charge in [0, 0.05) is 45.1 Å². The summed E-state index contributed by atoms with van der Waals surface area (Å²) in [5, 5.41) is 8.28. The van der Waals surface area contributed by atoms with Crippen LogP contribution in [0.25, 0.3) is 82.6 Å². The Morgan fingerprint density at radius 3 is 2.02 bits per heavy atom. The summed E-state index contributed by atoms with van der Waals surface area (Å²) in [5.41, 5.74) is 7.17. The van der Waals surface area contributed by atoms with Gasteiger partial charge in [-0.3, -0.25) is 9.55 Å². The molecule has 4 heterocycles. The van der Waals surface area contributed by atoms with E-state index >= 15 is 0 Å². The van der Waals surface area contributed by atoms with Gasteiger partial charge in [0.15, 0.2) is 0 Å². The normalized spacial score (nSPS) is 11.7. The fourth-order valence-corrected chi connectivity index (χ4v) is 6.40. The third-order valence-corrected chi connectivity index (χ3v) is 8.47. The van der Waals surface area contributed by atoms with Crippen molar-refractivity contribution < 1.29 is 0 Å². The molecule has 0 fully saturated rings. The molecule has 4 nitrogen and oxygen atoms in total. The van der Waals surface area contributed by atoms with Crippen molar-refractivity contribution >= 4 is 54.3 Å². The van der Waals surface area contributed by atoms with Crippen LogP contribution in [-0.2, 0) is 0 Å². The van der Waals surface area contributed by atoms with Gasteiger partial charge in [-0.15, -0.1) is 0 Å². The quantitative estimate of drug-likeness (QED) is 0.221. The van der Waals surface area contributed by atoms with E-state index in [0.29, 0.717) is 0 Å². The summed E-state index contributed by atoms with van der Waals surface area (Å²) in [6, 6.07) is 46.8. The van der Waals surface area contributed by atoms with Crippen molar-refractivity contribution in [3.05, 3.63) is 146 Å². The maximum absolute atomic E-state index is 4.91. The van der Waals surface area contributed by atoms with E-state index in [1.54, 1.807) is 0 Å². The van der Waals surface area contributed by atoms with E-state index in [9.17, 15) is 0 Å². The second-order valence-corrected chi connectivity index (χ2v) is 10.9. The topological polar surface area (TPSA) is 43.6 Å². The molecular weight excluding hydrogens is 524 g/mol. The van der Waals surface area contributed by atoms with Gasteiger partial charge in [-0.2, -0.15) is 0 Å². The van der Waals surface area contributed by atoms with Crippen molar-refractivity contribution in [3.8, 4) is 28.3 Å². The highest BCUT2D eigenvalue weighted by molar-refractivity contribution is 6.22. The lowest BCUT2D eigenvalue weighted by Gasteiger charge is -2.10. The van der Waals surface area contributed by atoms with Crippen molar-refractivity contribution in [2.45, 2.75) is 0 Å². The van der Waals surface area contributed by atoms with Gasteiger partial charge in [0.05, 0.1) is 27.9 Å². The van der Waals surface area contributed by atoms with Crippen molar-refractivity contribution in [2.75, 3.05) is 0 Å². The minimum absolute atomic E-state index is 0.922. The van der Waals surface area contributed by atoms with Crippen LogP contribution in [0.2, 0.25) is 0 Å². The summed E-state index contributed by atoms with van der Waals surface area (Å²) >= 11 is 0. The van der Waals surface area contributed by atoms with E-state index in [1.807, 2.05) is 30.6 Å². The van der Waals surface area contributed by atoms with Gasteiger partial charge in [-0.25, -0.2) is 9.97 Å². The van der Waals surface area contributed by atoms with Crippen LogP contribution in [0.3, 0.4) is 0 Å². The minimum atomic E-state index is 0.922. The Hall–Kier alpha value is -5.87. The lowest BCUT2D eigenvalue weighted by atomic mass is 10.0. The zero-order valence-electron chi connectivity index (χ0n) is 23.1. The molecular formula is C39H24N4. The Labute approximate surface area is 247 Å². The SMILES string of the molecule is c1ccc2nc(-c3ccc(-c4ccc5c(c4)c4c6ccccc6ccc4n5-c4nccc5ccccc45)nc3)ccc2c1. The van der Waals surface area contributed by atoms with E-state index in [0.717, 1.165) is 55.7 Å². The summed E-state index contributed by atoms with van der Waals surface area (Å²) in [6.45, 7) is 0. The fourth-order valence-electron chi connectivity index (χ4n) is 6.40. The molecule has 43 heavy (non-hydrogen) atoms. The van der Waals surface area contributed by atoms with Crippen molar-refractivity contribution in [3.63, 3.8) is 0 Å². The Morgan fingerprint density at radius 2 is 1.16 bits per heavy atom. The van der Waals surface area contributed by atoms with Crippen molar-refractivity contribution in [2.24, 2.45) is 0 Å². The Bertz CT molecular complexity index is 2500. The summed E-state index contributed by atoms with van der Waals surface area (Å²) < 4.78 is 2.31. The Kier molecular flexibility index (Phi) is 5.16. The highest BCUT2D eigenvalue weighted by atomic mass is 15.1. The van der Waals surface area contributed by atoms with Gasteiger partial charge in [0.2, 0.25) is 0 Å². The number of benzene rings is 5. The first kappa shape index (κ1) is 23.8. The summed E-state index contributed by atoms with van der Waals surface area (Å²) in [6.07, 6.45) is 3.83. The fraction of sp³-hybridized carbons (Fsp3) is 0. The average molecular weight is 549 g/mol. The van der Waals surface area contributed by atoms with Gasteiger partial charge >= 0.3 is 0 Å². The molecule has 200 valence electrons. The molecule has 0 spiro atoms. The first-order chi connectivity index (χ1) is 21.3. The predicted molar refractivity (Wildman–Crippen MR) is 178 cm³/mol. The molecule has 0 aliphatic heterocycles. The van der Waals surface area contributed by atoms with E-state index in [4.69, 9.17) is 15.0 Å². The zero-order valence-corrected chi connectivity index (χ0v) is 23.1. The van der Waals surface area contributed by atoms with E-state index in [1.165, 1.54) is 26.9 Å². The molecule has 4 heteroatoms. The van der Waals surface area contributed by atoms with Crippen LogP contribution in [0.1, 0.15) is 0 Å². The molecule has 0 saturated carbocycles. The molecule has 9 aromatic rings. The minimum Gasteiger partial charge on any atom is -0.293 e. The first-order valence-electron chi connectivity index (χ1n) is 14.4. The number of hydrogen-bond donors (Lipinski definition) is 0. The molecule has 0 radical (unpaired) electrons. The van der Waals surface area contributed by atoms with E-state index < -0.39 is 0 Å². The van der Waals surface area contributed by atoms with Crippen molar-refractivity contribution in [1.29, 1.82) is 0 Å². The predicted octanol–water partition coefficient (Wildman–Crippen LogP) is 9.76. The molecule has 0 bridgehead atoms. The van der Waals surface area contributed by atoms with E-state index in [-0.39, 0.29) is 0 Å². The lowest BCUT2D eigenvalue weighted by molar-refractivity contribution is 1.10. The van der Waals surface area contributed by atoms with Crippen LogP contribution >= 0.6 is 0 Å². The molecule has 0 saturated heterocycles. The molecule has 5 aromatic carbocycles. The summed E-state index contributed by atoms with van der Waals surface area (Å²) in [4.78, 5) is 14.7. The number of pyridine rings is 3. The highest BCUT2D eigenvalue weighted by Crippen LogP contribution is 2.39. The molecule has 0 aliphatic rings. The molecule has 0 atom stereocenters. The Balaban J connectivity index is 1.24. The number of fused-ring (bicyclic) bond motifs is 7. The van der Waals surface area contributed by atoms with Gasteiger partial charge in [0.25, 0.3) is 0 Å². The van der Waals surface area contributed by atoms with Crippen LogP contribution in [0.5, 0.6) is 0 Å². The molecule has 0 aliphatic carbocycles. The van der Waals surface area contributed by atoms with Gasteiger partial charge in [0.1, 0.15) is 5.82 Å². The van der Waals surface area contributed by atoms with Crippen LogP contribution in [0.15, 0.2) is 146 Å². The standard InChI is InChI=1S/C39H24N4/c1-4-10-30-25(7-1)15-20-37-38(30)32-23-28(16-19-36(32)43(37)39-31-11-5-2-8-26(31)21-22-40-39)33-17-14-29(24-41-33)35-18-13-27-9-3-6-12-34(27)42-35/h1-24H. The third-order valence-electron chi connectivity index (χ3n) is 8.47. The molecule has 4 aromatic heterocycles. The molecule has 0 unspecified atom stereocenters. The summed E-state index contributed by atoms with van der Waals surface area (Å²) in [7, 11) is 0. The van der Waals surface area contributed by atoms with Gasteiger partial charge in [-0.1, -0.05) is 84.9 Å². The van der Waals surface area contributed by atoms with Gasteiger partial charge in [-0.05, 0) is 64.7 Å². The molecule has 0 amide bonds. The second kappa shape index (κ2) is 9.33. The second-order valence-electron chi connectivity index (χ2n) is 10.9. The Morgan fingerprint density at radius 1 is 0.465 bits per heavy atom. The maximum atomic E-state index is 4.91. The maximum Gasteiger partial charge on any atom is 0.145 e. The number of hydrogen-bond acceptors (Lipinski definition) is 3. The monoisotopic (exact) mass is 548 g/mol. The first-order valence-corrected chi connectivity index (χ1v) is 14.4. The summed E-state index contributed by atoms with van der Waals surface area (Å²) in [5.74, 6) is 0.937. The molecule has 9 rings (SSSR count). The number of aromatic nitrogens is 4. The smallest absolute Gasteiger partial charge is 0.145 e. The van der Waals surface area contributed by atoms with Crippen molar-refractivity contribution in [1.82, 2.24) is 19.5 Å². The van der Waals surface area contributed by atoms with Crippen LogP contribution in [0.4, 0.5) is 0 Å². The number of para-hydroxylation sites is 1. The third kappa shape index (κ3) is 3.74. The number of rotatable bonds is 3. The van der Waals surface area contributed by atoms with Crippen LogP contribution in [-0.4, -0.2) is 19.5 Å². The van der Waals surface area contributed by atoms with Gasteiger partial charge < -0.3 is 0 Å². The largest absolute Gasteiger partial charge is 0.293 e. The molecule has 0 N–H and O–H groups in total. The lowest BCUT2D eigenvalue weighted by Crippen LogP contribution is -1.98. The number of nitrogens with zero attached hydrogens (tertiary/aromatic N) is 4. The average Bonchev–Trinajstić information content (AvgIpc) is 3.42. The van der Waals surface area contributed by atoms with Crippen LogP contribution in [0, 0.1) is 0 Å². The van der Waals surface area contributed by atoms with E-state index in [2.05, 4.69) is 120 Å². The van der Waals surface area contributed by atoms with Crippen LogP contribution < -0.4 is 0 Å².